The minimum atomic E-state index is -0.00964. The first-order valence-electron chi connectivity index (χ1n) is 6.63. The van der Waals surface area contributed by atoms with E-state index in [0.717, 1.165) is 11.3 Å². The lowest BCUT2D eigenvalue weighted by atomic mass is 10.1. The highest BCUT2D eigenvalue weighted by molar-refractivity contribution is 5.98. The van der Waals surface area contributed by atoms with Crippen LogP contribution in [0.15, 0.2) is 36.3 Å². The van der Waals surface area contributed by atoms with E-state index >= 15 is 0 Å². The van der Waals surface area contributed by atoms with Gasteiger partial charge in [0.15, 0.2) is 0 Å². The molecule has 0 saturated heterocycles. The molecule has 0 atom stereocenters. The number of rotatable bonds is 2. The van der Waals surface area contributed by atoms with Crippen LogP contribution >= 0.6 is 0 Å². The highest BCUT2D eigenvalue weighted by Crippen LogP contribution is 2.34. The van der Waals surface area contributed by atoms with Gasteiger partial charge in [0.2, 0.25) is 0 Å². The standard InChI is InChI=1S/C15H18N4O2/c1-17-7-13-15(20)18(2)8-12(19(13)9-17)10-4-5-14(21-3)11(16)6-10/h4-8H,9,16H2,1-3H3. The highest BCUT2D eigenvalue weighted by Gasteiger charge is 2.33. The molecule has 0 saturated carbocycles. The van der Waals surface area contributed by atoms with Crippen molar-refractivity contribution in [1.82, 2.24) is 14.7 Å². The molecule has 3 rings (SSSR count). The number of benzene rings is 1. The first kappa shape index (κ1) is 13.4. The summed E-state index contributed by atoms with van der Waals surface area (Å²) in [6, 6.07) is 5.65. The number of hydrogen-bond acceptors (Lipinski definition) is 5. The molecule has 0 bridgehead atoms. The molecule has 0 spiro atoms. The molecule has 2 N–H and O–H groups in total. The minimum Gasteiger partial charge on any atom is -0.495 e. The Hall–Kier alpha value is -2.63. The molecule has 2 aliphatic rings. The van der Waals surface area contributed by atoms with Crippen LogP contribution in [0.1, 0.15) is 5.56 Å². The van der Waals surface area contributed by atoms with Crippen molar-refractivity contribution in [2.24, 2.45) is 0 Å². The zero-order chi connectivity index (χ0) is 15.1. The van der Waals surface area contributed by atoms with E-state index in [1.807, 2.05) is 47.4 Å². The third kappa shape index (κ3) is 2.08. The van der Waals surface area contributed by atoms with Crippen molar-refractivity contribution < 1.29 is 9.53 Å². The molecule has 0 aliphatic carbocycles. The van der Waals surface area contributed by atoms with Crippen molar-refractivity contribution in [1.29, 1.82) is 0 Å². The number of ether oxygens (including phenoxy) is 1. The largest absolute Gasteiger partial charge is 0.495 e. The molecule has 6 nitrogen and oxygen atoms in total. The SMILES string of the molecule is COc1ccc(C2=CN(C)C(=O)C3=CN(C)CN32)cc1N. The Morgan fingerprint density at radius 3 is 2.62 bits per heavy atom. The third-order valence-electron chi connectivity index (χ3n) is 3.67. The van der Waals surface area contributed by atoms with E-state index in [2.05, 4.69) is 0 Å². The van der Waals surface area contributed by atoms with Crippen molar-refractivity contribution >= 4 is 17.3 Å². The number of amides is 1. The average Bonchev–Trinajstić information content (AvgIpc) is 2.85. The summed E-state index contributed by atoms with van der Waals surface area (Å²) >= 11 is 0. The van der Waals surface area contributed by atoms with Crippen LogP contribution in [-0.4, -0.2) is 48.5 Å². The number of nitrogens with two attached hydrogens (primary N) is 1. The van der Waals surface area contributed by atoms with E-state index in [0.29, 0.717) is 23.8 Å². The van der Waals surface area contributed by atoms with Gasteiger partial charge in [-0.3, -0.25) is 4.79 Å². The van der Waals surface area contributed by atoms with Gasteiger partial charge in [0.1, 0.15) is 11.4 Å². The van der Waals surface area contributed by atoms with Crippen molar-refractivity contribution in [3.8, 4) is 5.75 Å². The second-order valence-corrected chi connectivity index (χ2v) is 5.23. The zero-order valence-corrected chi connectivity index (χ0v) is 12.3. The van der Waals surface area contributed by atoms with Crippen molar-refractivity contribution in [2.45, 2.75) is 0 Å². The Bertz CT molecular complexity index is 666. The van der Waals surface area contributed by atoms with Crippen LogP contribution in [0, 0.1) is 0 Å². The molecule has 0 radical (unpaired) electrons. The molecular formula is C15H18N4O2. The lowest BCUT2D eigenvalue weighted by Crippen LogP contribution is -2.37. The molecule has 1 aromatic rings. The van der Waals surface area contributed by atoms with Crippen molar-refractivity contribution in [2.75, 3.05) is 33.6 Å². The molecule has 2 aliphatic heterocycles. The minimum absolute atomic E-state index is 0.00964. The van der Waals surface area contributed by atoms with Crippen LogP contribution in [0.5, 0.6) is 5.75 Å². The Kier molecular flexibility index (Phi) is 3.01. The number of carbonyl (C=O) groups is 1. The Morgan fingerprint density at radius 1 is 1.19 bits per heavy atom. The van der Waals surface area contributed by atoms with Crippen LogP contribution in [0.25, 0.3) is 5.70 Å². The Balaban J connectivity index is 2.05. The first-order valence-corrected chi connectivity index (χ1v) is 6.63. The molecular weight excluding hydrogens is 268 g/mol. The number of anilines is 1. The number of methoxy groups -OCH3 is 1. The number of carbonyl (C=O) groups excluding carboxylic acids is 1. The average molecular weight is 286 g/mol. The summed E-state index contributed by atoms with van der Waals surface area (Å²) < 4.78 is 5.19. The summed E-state index contributed by atoms with van der Waals surface area (Å²) in [6.45, 7) is 0.646. The van der Waals surface area contributed by atoms with Crippen LogP contribution in [0.4, 0.5) is 5.69 Å². The fourth-order valence-electron chi connectivity index (χ4n) is 2.61. The lowest BCUT2D eigenvalue weighted by molar-refractivity contribution is -0.125. The van der Waals surface area contributed by atoms with Gasteiger partial charge in [0.05, 0.1) is 25.2 Å². The maximum absolute atomic E-state index is 12.2. The Labute approximate surface area is 123 Å². The smallest absolute Gasteiger partial charge is 0.275 e. The molecule has 0 aromatic heterocycles. The lowest BCUT2D eigenvalue weighted by Gasteiger charge is -2.32. The van der Waals surface area contributed by atoms with E-state index < -0.39 is 0 Å². The third-order valence-corrected chi connectivity index (χ3v) is 3.67. The van der Waals surface area contributed by atoms with E-state index in [1.54, 1.807) is 19.1 Å². The van der Waals surface area contributed by atoms with E-state index in [4.69, 9.17) is 10.5 Å². The van der Waals surface area contributed by atoms with Crippen LogP contribution in [-0.2, 0) is 4.79 Å². The predicted molar refractivity (Wildman–Crippen MR) is 80.7 cm³/mol. The number of nitrogen functional groups attached to an aromatic ring is 1. The van der Waals surface area contributed by atoms with E-state index in [1.165, 1.54) is 0 Å². The number of fused-ring (bicyclic) bond motifs is 1. The molecule has 1 aromatic carbocycles. The summed E-state index contributed by atoms with van der Waals surface area (Å²) in [7, 11) is 5.29. The topological polar surface area (TPSA) is 62.0 Å². The second-order valence-electron chi connectivity index (χ2n) is 5.23. The Morgan fingerprint density at radius 2 is 1.95 bits per heavy atom. The van der Waals surface area contributed by atoms with Gasteiger partial charge in [-0.05, 0) is 18.2 Å². The highest BCUT2D eigenvalue weighted by atomic mass is 16.5. The molecule has 1 amide bonds. The fourth-order valence-corrected chi connectivity index (χ4v) is 2.61. The quantitative estimate of drug-likeness (QED) is 0.825. The van der Waals surface area contributed by atoms with E-state index in [9.17, 15) is 4.79 Å². The second kappa shape index (κ2) is 4.73. The summed E-state index contributed by atoms with van der Waals surface area (Å²) in [5.41, 5.74) is 9.14. The summed E-state index contributed by atoms with van der Waals surface area (Å²) in [6.07, 6.45) is 3.69. The number of hydrogen-bond donors (Lipinski definition) is 1. The number of likely N-dealkylation sites (N-methyl/N-ethyl adjacent to an activating group) is 1. The van der Waals surface area contributed by atoms with Crippen LogP contribution in [0.2, 0.25) is 0 Å². The van der Waals surface area contributed by atoms with E-state index in [-0.39, 0.29) is 5.91 Å². The summed E-state index contributed by atoms with van der Waals surface area (Å²) in [5, 5.41) is 0. The van der Waals surface area contributed by atoms with Gasteiger partial charge in [0, 0.05) is 32.1 Å². The van der Waals surface area contributed by atoms with Gasteiger partial charge < -0.3 is 25.2 Å². The monoisotopic (exact) mass is 286 g/mol. The maximum atomic E-state index is 12.2. The molecule has 6 heteroatoms. The van der Waals surface area contributed by atoms with Gasteiger partial charge in [-0.25, -0.2) is 0 Å². The number of nitrogens with zero attached hydrogens (tertiary/aromatic N) is 3. The molecule has 2 heterocycles. The maximum Gasteiger partial charge on any atom is 0.275 e. The normalized spacial score (nSPS) is 17.7. The molecule has 21 heavy (non-hydrogen) atoms. The predicted octanol–water partition coefficient (Wildman–Crippen LogP) is 1.09. The van der Waals surface area contributed by atoms with Crippen LogP contribution < -0.4 is 10.5 Å². The first-order chi connectivity index (χ1) is 10.0. The van der Waals surface area contributed by atoms with Gasteiger partial charge in [-0.15, -0.1) is 0 Å². The van der Waals surface area contributed by atoms with Crippen LogP contribution in [0.3, 0.4) is 0 Å². The zero-order valence-electron chi connectivity index (χ0n) is 12.3. The summed E-state index contributed by atoms with van der Waals surface area (Å²) in [5.74, 6) is 0.637. The van der Waals surface area contributed by atoms with Gasteiger partial charge in [0.25, 0.3) is 5.91 Å². The van der Waals surface area contributed by atoms with Gasteiger partial charge in [-0.1, -0.05) is 0 Å². The molecule has 0 fully saturated rings. The van der Waals surface area contributed by atoms with Gasteiger partial charge >= 0.3 is 0 Å². The molecule has 0 unspecified atom stereocenters. The van der Waals surface area contributed by atoms with Crippen molar-refractivity contribution in [3.05, 3.63) is 41.9 Å². The molecule has 110 valence electrons. The summed E-state index contributed by atoms with van der Waals surface area (Å²) in [4.78, 5) is 17.8. The fraction of sp³-hybridized carbons (Fsp3) is 0.267. The van der Waals surface area contributed by atoms with Gasteiger partial charge in [-0.2, -0.15) is 0 Å². The van der Waals surface area contributed by atoms with Crippen molar-refractivity contribution in [3.63, 3.8) is 0 Å².